The van der Waals surface area contributed by atoms with Crippen molar-refractivity contribution in [1.82, 2.24) is 0 Å². The van der Waals surface area contributed by atoms with Crippen LogP contribution in [0.25, 0.3) is 0 Å². The maximum absolute atomic E-state index is 10.9. The van der Waals surface area contributed by atoms with Crippen LogP contribution in [0.5, 0.6) is 0 Å². The van der Waals surface area contributed by atoms with E-state index in [-0.39, 0.29) is 11.4 Å². The minimum atomic E-state index is -0.730. The average Bonchev–Trinajstić information content (AvgIpc) is 2.45. The Morgan fingerprint density at radius 2 is 1.55 bits per heavy atom. The molecule has 0 spiro atoms. The van der Waals surface area contributed by atoms with Gasteiger partial charge in [-0.1, -0.05) is 18.2 Å². The highest BCUT2D eigenvalue weighted by atomic mass is 16.6. The highest BCUT2D eigenvalue weighted by Gasteiger charge is 2.19. The predicted octanol–water partition coefficient (Wildman–Crippen LogP) is 3.92. The summed E-state index contributed by atoms with van der Waals surface area (Å²) in [6.07, 6.45) is 0. The number of benzene rings is 2. The van der Waals surface area contributed by atoms with Crippen molar-refractivity contribution in [3.8, 4) is 0 Å². The van der Waals surface area contributed by atoms with Gasteiger partial charge in [0.2, 0.25) is 0 Å². The average molecular weight is 272 g/mol. The van der Waals surface area contributed by atoms with Crippen molar-refractivity contribution in [1.29, 1.82) is 0 Å². The molecule has 8 nitrogen and oxygen atoms in total. The van der Waals surface area contributed by atoms with Crippen LogP contribution in [0.15, 0.2) is 58.8 Å². The largest absolute Gasteiger partial charge is 0.303 e. The monoisotopic (exact) mass is 272 g/mol. The van der Waals surface area contributed by atoms with E-state index >= 15 is 0 Å². The van der Waals surface area contributed by atoms with E-state index < -0.39 is 15.5 Å². The Labute approximate surface area is 112 Å². The molecule has 2 aromatic rings. The van der Waals surface area contributed by atoms with Gasteiger partial charge in [0.05, 0.1) is 21.6 Å². The first-order valence-electron chi connectivity index (χ1n) is 5.47. The second-order valence-corrected chi connectivity index (χ2v) is 3.72. The van der Waals surface area contributed by atoms with Crippen LogP contribution in [-0.2, 0) is 0 Å². The zero-order valence-electron chi connectivity index (χ0n) is 10.0. The lowest BCUT2D eigenvalue weighted by Gasteiger charge is -1.97. The van der Waals surface area contributed by atoms with Crippen molar-refractivity contribution < 1.29 is 9.85 Å². The van der Waals surface area contributed by atoms with Crippen molar-refractivity contribution in [2.45, 2.75) is 0 Å². The Balaban J connectivity index is 2.39. The zero-order valence-corrected chi connectivity index (χ0v) is 10.0. The van der Waals surface area contributed by atoms with E-state index in [1.807, 2.05) is 0 Å². The minimum absolute atomic E-state index is 0.0375. The molecule has 20 heavy (non-hydrogen) atoms. The van der Waals surface area contributed by atoms with Crippen LogP contribution in [0.2, 0.25) is 0 Å². The number of nitro groups is 2. The first kappa shape index (κ1) is 13.3. The molecule has 0 bridgehead atoms. The molecule has 0 aliphatic rings. The molecule has 0 N–H and O–H groups in total. The van der Waals surface area contributed by atoms with Crippen LogP contribution in [-0.4, -0.2) is 9.85 Å². The van der Waals surface area contributed by atoms with Crippen molar-refractivity contribution in [2.75, 3.05) is 0 Å². The SMILES string of the molecule is O=[N+]([O-])c1ccc(N=Nc2ccccc2)c([N+](=O)[O-])c1. The standard InChI is InChI=1S/C12H8N4O4/c17-15(18)10-6-7-11(12(8-10)16(19)20)14-13-9-4-2-1-3-5-9/h1-8H. The van der Waals surface area contributed by atoms with E-state index in [1.54, 1.807) is 30.3 Å². The number of nitrogens with zero attached hydrogens (tertiary/aromatic N) is 4. The summed E-state index contributed by atoms with van der Waals surface area (Å²) < 4.78 is 0. The van der Waals surface area contributed by atoms with Gasteiger partial charge < -0.3 is 0 Å². The normalized spacial score (nSPS) is 10.6. The summed E-state index contributed by atoms with van der Waals surface area (Å²) in [4.78, 5) is 20.1. The second kappa shape index (κ2) is 5.65. The Morgan fingerprint density at radius 1 is 0.850 bits per heavy atom. The lowest BCUT2D eigenvalue weighted by molar-refractivity contribution is -0.393. The smallest absolute Gasteiger partial charge is 0.258 e. The molecule has 2 rings (SSSR count). The fourth-order valence-corrected chi connectivity index (χ4v) is 1.46. The van der Waals surface area contributed by atoms with Crippen LogP contribution >= 0.6 is 0 Å². The molecule has 100 valence electrons. The molecule has 0 radical (unpaired) electrons. The number of non-ortho nitro benzene ring substituents is 1. The summed E-state index contributed by atoms with van der Waals surface area (Å²) in [6, 6.07) is 11.9. The van der Waals surface area contributed by atoms with Gasteiger partial charge in [0, 0.05) is 6.07 Å². The first-order valence-corrected chi connectivity index (χ1v) is 5.47. The van der Waals surface area contributed by atoms with Crippen LogP contribution in [0, 0.1) is 20.2 Å². The number of hydrogen-bond acceptors (Lipinski definition) is 6. The Morgan fingerprint density at radius 3 is 2.15 bits per heavy atom. The van der Waals surface area contributed by atoms with Gasteiger partial charge in [0.25, 0.3) is 5.69 Å². The summed E-state index contributed by atoms with van der Waals surface area (Å²) in [5.74, 6) is 0. The van der Waals surface area contributed by atoms with Gasteiger partial charge in [0.15, 0.2) is 5.69 Å². The maximum atomic E-state index is 10.9. The quantitative estimate of drug-likeness (QED) is 0.477. The molecule has 0 atom stereocenters. The predicted molar refractivity (Wildman–Crippen MR) is 70.4 cm³/mol. The van der Waals surface area contributed by atoms with E-state index in [2.05, 4.69) is 10.2 Å². The topological polar surface area (TPSA) is 111 Å². The fraction of sp³-hybridized carbons (Fsp3) is 0. The van der Waals surface area contributed by atoms with Gasteiger partial charge in [-0.2, -0.15) is 5.11 Å². The van der Waals surface area contributed by atoms with Gasteiger partial charge in [0.1, 0.15) is 0 Å². The van der Waals surface area contributed by atoms with Crippen molar-refractivity contribution in [2.24, 2.45) is 10.2 Å². The van der Waals surface area contributed by atoms with Crippen LogP contribution < -0.4 is 0 Å². The van der Waals surface area contributed by atoms with Crippen molar-refractivity contribution in [3.63, 3.8) is 0 Å². The fourth-order valence-electron chi connectivity index (χ4n) is 1.46. The van der Waals surface area contributed by atoms with E-state index in [4.69, 9.17) is 0 Å². The van der Waals surface area contributed by atoms with Crippen molar-refractivity contribution >= 4 is 22.7 Å². The molecular weight excluding hydrogens is 264 g/mol. The summed E-state index contributed by atoms with van der Waals surface area (Å²) in [5.41, 5.74) is -0.334. The third-order valence-electron chi connectivity index (χ3n) is 2.40. The van der Waals surface area contributed by atoms with E-state index in [0.717, 1.165) is 12.1 Å². The summed E-state index contributed by atoms with van der Waals surface area (Å²) in [5, 5.41) is 29.1. The Kier molecular flexibility index (Phi) is 3.75. The van der Waals surface area contributed by atoms with E-state index in [0.29, 0.717) is 5.69 Å². The van der Waals surface area contributed by atoms with E-state index in [9.17, 15) is 20.2 Å². The number of nitro benzene ring substituents is 2. The molecule has 0 fully saturated rings. The van der Waals surface area contributed by atoms with Gasteiger partial charge in [-0.25, -0.2) is 0 Å². The van der Waals surface area contributed by atoms with Gasteiger partial charge in [-0.3, -0.25) is 20.2 Å². The summed E-state index contributed by atoms with van der Waals surface area (Å²) in [7, 11) is 0. The minimum Gasteiger partial charge on any atom is -0.258 e. The Hall–Kier alpha value is -3.16. The van der Waals surface area contributed by atoms with Crippen LogP contribution in [0.1, 0.15) is 0 Å². The number of rotatable bonds is 4. The first-order chi connectivity index (χ1) is 9.58. The second-order valence-electron chi connectivity index (χ2n) is 3.72. The molecule has 0 saturated carbocycles. The summed E-state index contributed by atoms with van der Waals surface area (Å²) in [6.45, 7) is 0. The van der Waals surface area contributed by atoms with Gasteiger partial charge in [-0.15, -0.1) is 5.11 Å². The third kappa shape index (κ3) is 2.99. The lowest BCUT2D eigenvalue weighted by Crippen LogP contribution is -1.92. The van der Waals surface area contributed by atoms with Gasteiger partial charge >= 0.3 is 5.69 Å². The van der Waals surface area contributed by atoms with Crippen LogP contribution in [0.3, 0.4) is 0 Å². The molecular formula is C12H8N4O4. The zero-order chi connectivity index (χ0) is 14.5. The third-order valence-corrected chi connectivity index (χ3v) is 2.40. The van der Waals surface area contributed by atoms with E-state index in [1.165, 1.54) is 6.07 Å². The highest BCUT2D eigenvalue weighted by Crippen LogP contribution is 2.32. The molecule has 0 heterocycles. The Bertz CT molecular complexity index is 685. The molecule has 0 aromatic heterocycles. The molecule has 0 aliphatic heterocycles. The molecule has 0 saturated heterocycles. The van der Waals surface area contributed by atoms with Crippen LogP contribution in [0.4, 0.5) is 22.7 Å². The molecule has 2 aromatic carbocycles. The maximum Gasteiger partial charge on any atom is 0.303 e. The number of hydrogen-bond donors (Lipinski definition) is 0. The molecule has 8 heteroatoms. The molecule has 0 unspecified atom stereocenters. The number of azo groups is 1. The lowest BCUT2D eigenvalue weighted by atomic mass is 10.2. The molecule has 0 aliphatic carbocycles. The highest BCUT2D eigenvalue weighted by molar-refractivity contribution is 5.61. The van der Waals surface area contributed by atoms with Crippen molar-refractivity contribution in [3.05, 3.63) is 68.8 Å². The molecule has 0 amide bonds. The summed E-state index contributed by atoms with van der Waals surface area (Å²) >= 11 is 0. The van der Waals surface area contributed by atoms with Gasteiger partial charge in [-0.05, 0) is 18.2 Å².